The standard InChI is InChI=1S/C22H28NOS.BrH/c1-3-23(4-2,19-21-13-9-6-10-14-21)17-18-25-22(24)16-15-20-11-7-5-8-12-20;/h5-16H,3-4,17-19H2,1-2H3;1H/q+1;/p-1/b16-15+;. The van der Waals surface area contributed by atoms with E-state index in [1.807, 2.05) is 36.4 Å². The van der Waals surface area contributed by atoms with Crippen LogP contribution in [0.5, 0.6) is 0 Å². The molecule has 0 aliphatic carbocycles. The summed E-state index contributed by atoms with van der Waals surface area (Å²) in [5.74, 6) is 0.854. The van der Waals surface area contributed by atoms with Gasteiger partial charge >= 0.3 is 0 Å². The zero-order chi connectivity index (χ0) is 18.0. The molecule has 0 aliphatic heterocycles. The van der Waals surface area contributed by atoms with Gasteiger partial charge in [0.1, 0.15) is 6.54 Å². The molecule has 0 aromatic heterocycles. The number of rotatable bonds is 9. The van der Waals surface area contributed by atoms with Gasteiger partial charge in [-0.05, 0) is 25.5 Å². The first-order valence-corrected chi connectivity index (χ1v) is 9.95. The van der Waals surface area contributed by atoms with Crippen LogP contribution in [-0.4, -0.2) is 35.0 Å². The quantitative estimate of drug-likeness (QED) is 0.444. The van der Waals surface area contributed by atoms with Crippen molar-refractivity contribution in [3.05, 3.63) is 77.9 Å². The Morgan fingerprint density at radius 2 is 1.54 bits per heavy atom. The van der Waals surface area contributed by atoms with E-state index in [0.717, 1.165) is 42.0 Å². The van der Waals surface area contributed by atoms with Gasteiger partial charge in [-0.25, -0.2) is 0 Å². The summed E-state index contributed by atoms with van der Waals surface area (Å²) in [5.41, 5.74) is 2.43. The van der Waals surface area contributed by atoms with Gasteiger partial charge in [0, 0.05) is 5.56 Å². The highest BCUT2D eigenvalue weighted by molar-refractivity contribution is 8.14. The van der Waals surface area contributed by atoms with E-state index in [9.17, 15) is 4.79 Å². The van der Waals surface area contributed by atoms with Crippen molar-refractivity contribution in [1.82, 2.24) is 0 Å². The number of hydrogen-bond donors (Lipinski definition) is 0. The van der Waals surface area contributed by atoms with Crippen LogP contribution in [0.2, 0.25) is 0 Å². The fraction of sp³-hybridized carbons (Fsp3) is 0.318. The first-order chi connectivity index (χ1) is 12.2. The van der Waals surface area contributed by atoms with E-state index < -0.39 is 0 Å². The van der Waals surface area contributed by atoms with E-state index >= 15 is 0 Å². The molecule has 4 heteroatoms. The molecule has 140 valence electrons. The minimum atomic E-state index is 0. The summed E-state index contributed by atoms with van der Waals surface area (Å²) >= 11 is 1.42. The fourth-order valence-corrected chi connectivity index (χ4v) is 3.77. The van der Waals surface area contributed by atoms with Crippen LogP contribution < -0.4 is 17.0 Å². The molecule has 0 heterocycles. The average Bonchev–Trinajstić information content (AvgIpc) is 2.67. The minimum Gasteiger partial charge on any atom is -1.00 e. The summed E-state index contributed by atoms with van der Waals surface area (Å²) < 4.78 is 1.02. The highest BCUT2D eigenvalue weighted by Gasteiger charge is 2.23. The predicted octanol–water partition coefficient (Wildman–Crippen LogP) is 2.02. The van der Waals surface area contributed by atoms with Crippen molar-refractivity contribution in [2.24, 2.45) is 0 Å². The lowest BCUT2D eigenvalue weighted by Crippen LogP contribution is -3.00. The topological polar surface area (TPSA) is 17.1 Å². The normalized spacial score (nSPS) is 11.3. The van der Waals surface area contributed by atoms with Gasteiger partial charge in [-0.3, -0.25) is 4.79 Å². The van der Waals surface area contributed by atoms with Crippen LogP contribution in [0.3, 0.4) is 0 Å². The number of hydrogen-bond acceptors (Lipinski definition) is 2. The maximum Gasteiger partial charge on any atom is 0.212 e. The van der Waals surface area contributed by atoms with Gasteiger partial charge in [-0.2, -0.15) is 0 Å². The molecular formula is C22H28BrNOS. The number of carbonyl (C=O) groups is 1. The number of carbonyl (C=O) groups excluding carboxylic acids is 1. The SMILES string of the molecule is CC[N+](CC)(CCSC(=O)/C=C/c1ccccc1)Cc1ccccc1.[Br-]. The molecular weight excluding hydrogens is 406 g/mol. The maximum atomic E-state index is 12.1. The molecule has 2 rings (SSSR count). The van der Waals surface area contributed by atoms with Gasteiger partial charge in [0.05, 0.1) is 25.4 Å². The summed E-state index contributed by atoms with van der Waals surface area (Å²) in [6, 6.07) is 20.6. The van der Waals surface area contributed by atoms with Gasteiger partial charge in [-0.15, -0.1) is 0 Å². The highest BCUT2D eigenvalue weighted by Crippen LogP contribution is 2.17. The third kappa shape index (κ3) is 7.48. The molecule has 0 unspecified atom stereocenters. The van der Waals surface area contributed by atoms with Crippen molar-refractivity contribution in [3.63, 3.8) is 0 Å². The Hall–Kier alpha value is -1.36. The smallest absolute Gasteiger partial charge is 0.212 e. The Labute approximate surface area is 172 Å². The Morgan fingerprint density at radius 1 is 0.962 bits per heavy atom. The van der Waals surface area contributed by atoms with Crippen LogP contribution in [0, 0.1) is 0 Å². The van der Waals surface area contributed by atoms with Crippen LogP contribution in [0.1, 0.15) is 25.0 Å². The fourth-order valence-electron chi connectivity index (χ4n) is 2.93. The van der Waals surface area contributed by atoms with E-state index in [1.165, 1.54) is 17.3 Å². The Bertz CT molecular complexity index is 669. The van der Waals surface area contributed by atoms with Crippen LogP contribution in [0.15, 0.2) is 66.7 Å². The van der Waals surface area contributed by atoms with E-state index in [1.54, 1.807) is 6.08 Å². The van der Waals surface area contributed by atoms with Crippen molar-refractivity contribution in [2.75, 3.05) is 25.4 Å². The van der Waals surface area contributed by atoms with E-state index in [2.05, 4.69) is 44.2 Å². The molecule has 26 heavy (non-hydrogen) atoms. The summed E-state index contributed by atoms with van der Waals surface area (Å²) in [5, 5.41) is 0.133. The van der Waals surface area contributed by atoms with E-state index in [4.69, 9.17) is 0 Å². The second kappa shape index (κ2) is 12.1. The van der Waals surface area contributed by atoms with Crippen LogP contribution in [0.25, 0.3) is 6.08 Å². The monoisotopic (exact) mass is 433 g/mol. The van der Waals surface area contributed by atoms with Crippen molar-refractivity contribution in [3.8, 4) is 0 Å². The predicted molar refractivity (Wildman–Crippen MR) is 109 cm³/mol. The number of thioether (sulfide) groups is 1. The molecule has 0 saturated heterocycles. The molecule has 2 aromatic rings. The van der Waals surface area contributed by atoms with Gasteiger partial charge in [-0.1, -0.05) is 78.5 Å². The average molecular weight is 434 g/mol. The summed E-state index contributed by atoms with van der Waals surface area (Å²) in [4.78, 5) is 12.1. The lowest BCUT2D eigenvalue weighted by Gasteiger charge is -2.37. The molecule has 0 spiro atoms. The van der Waals surface area contributed by atoms with E-state index in [-0.39, 0.29) is 22.1 Å². The molecule has 0 saturated carbocycles. The molecule has 0 radical (unpaired) electrons. The Kier molecular flexibility index (Phi) is 10.6. The lowest BCUT2D eigenvalue weighted by molar-refractivity contribution is -0.935. The molecule has 0 amide bonds. The largest absolute Gasteiger partial charge is 1.00 e. The van der Waals surface area contributed by atoms with Crippen LogP contribution in [-0.2, 0) is 11.3 Å². The van der Waals surface area contributed by atoms with Crippen molar-refractivity contribution in [1.29, 1.82) is 0 Å². The van der Waals surface area contributed by atoms with Gasteiger partial charge in [0.25, 0.3) is 0 Å². The molecule has 0 atom stereocenters. The van der Waals surface area contributed by atoms with Crippen molar-refractivity contribution in [2.45, 2.75) is 20.4 Å². The number of quaternary nitrogens is 1. The van der Waals surface area contributed by atoms with Gasteiger partial charge < -0.3 is 21.5 Å². The molecule has 0 aliphatic rings. The number of benzene rings is 2. The molecule has 2 nitrogen and oxygen atoms in total. The summed E-state index contributed by atoms with van der Waals surface area (Å²) in [6.07, 6.45) is 3.57. The molecule has 0 fully saturated rings. The first-order valence-electron chi connectivity index (χ1n) is 8.96. The second-order valence-corrected chi connectivity index (χ2v) is 7.35. The Morgan fingerprint density at radius 3 is 2.12 bits per heavy atom. The molecule has 2 aromatic carbocycles. The van der Waals surface area contributed by atoms with Crippen LogP contribution >= 0.6 is 11.8 Å². The summed E-state index contributed by atoms with van der Waals surface area (Å²) in [6.45, 7) is 8.70. The minimum absolute atomic E-state index is 0. The lowest BCUT2D eigenvalue weighted by atomic mass is 10.2. The third-order valence-electron chi connectivity index (χ3n) is 4.72. The van der Waals surface area contributed by atoms with Crippen LogP contribution in [0.4, 0.5) is 0 Å². The third-order valence-corrected chi connectivity index (χ3v) is 5.53. The molecule has 0 bridgehead atoms. The van der Waals surface area contributed by atoms with E-state index in [0.29, 0.717) is 0 Å². The second-order valence-electron chi connectivity index (χ2n) is 6.25. The number of halogens is 1. The maximum absolute atomic E-state index is 12.1. The summed E-state index contributed by atoms with van der Waals surface area (Å²) in [7, 11) is 0. The Balaban J connectivity index is 0.00000338. The van der Waals surface area contributed by atoms with Gasteiger partial charge in [0.15, 0.2) is 0 Å². The highest BCUT2D eigenvalue weighted by atomic mass is 79.9. The zero-order valence-electron chi connectivity index (χ0n) is 15.6. The zero-order valence-corrected chi connectivity index (χ0v) is 18.0. The first kappa shape index (κ1) is 22.7. The van der Waals surface area contributed by atoms with Crippen molar-refractivity contribution < 1.29 is 26.3 Å². The van der Waals surface area contributed by atoms with Crippen molar-refractivity contribution >= 4 is 23.0 Å². The number of nitrogens with zero attached hydrogens (tertiary/aromatic N) is 1. The van der Waals surface area contributed by atoms with Gasteiger partial charge in [0.2, 0.25) is 5.12 Å². The molecule has 0 N–H and O–H groups in total.